The van der Waals surface area contributed by atoms with Crippen LogP contribution >= 0.6 is 21.4 Å². The first kappa shape index (κ1) is 43.0. The maximum absolute atomic E-state index is 14.2. The van der Waals surface area contributed by atoms with Crippen LogP contribution < -0.4 is 62.0 Å². The van der Waals surface area contributed by atoms with Crippen LogP contribution in [0.4, 0.5) is 0 Å². The maximum atomic E-state index is 14.2. The van der Waals surface area contributed by atoms with E-state index >= 15 is 0 Å². The standard InChI is InChI=1S/3C19H15O2P/c1-14-8-7-13-18-19(14)21-16-11-5-6-12-17(16)22(18,20)15-9-3-2-4-10-15;1-14-11-12-19-17(13-14)21-16-9-5-6-10-18(16)22(19,20)15-7-3-2-4-8-15;1-14-11-12-17-19(13-14)22(20,15-7-3-2-4-8-15)18-10-6-5-9-16(18)21-17/h3*2-13H,1H3. The van der Waals surface area contributed by atoms with Crippen LogP contribution in [-0.2, 0) is 13.7 Å². The number of fused-ring (bicyclic) bond motifs is 6. The van der Waals surface area contributed by atoms with Crippen molar-refractivity contribution < 1.29 is 27.9 Å². The van der Waals surface area contributed by atoms with Crippen molar-refractivity contribution in [2.24, 2.45) is 0 Å². The second-order valence-electron chi connectivity index (χ2n) is 16.4. The Labute approximate surface area is 385 Å². The largest absolute Gasteiger partial charge is 0.456 e. The Morgan fingerprint density at radius 2 is 0.652 bits per heavy atom. The van der Waals surface area contributed by atoms with Crippen molar-refractivity contribution in [3.8, 4) is 34.5 Å². The van der Waals surface area contributed by atoms with Gasteiger partial charge < -0.3 is 27.9 Å². The molecule has 9 heteroatoms. The zero-order valence-corrected chi connectivity index (χ0v) is 39.3. The van der Waals surface area contributed by atoms with Gasteiger partial charge in [0.05, 0.1) is 31.8 Å². The molecule has 66 heavy (non-hydrogen) atoms. The van der Waals surface area contributed by atoms with Crippen molar-refractivity contribution in [2.75, 3.05) is 0 Å². The molecular weight excluding hydrogens is 874 g/mol. The molecule has 0 radical (unpaired) electrons. The molecule has 9 aromatic rings. The highest BCUT2D eigenvalue weighted by atomic mass is 31.2. The van der Waals surface area contributed by atoms with Gasteiger partial charge in [-0.25, -0.2) is 0 Å². The lowest BCUT2D eigenvalue weighted by Gasteiger charge is -2.29. The zero-order chi connectivity index (χ0) is 45.5. The molecular formula is C57H45O6P3. The quantitative estimate of drug-likeness (QED) is 0.164. The molecule has 0 aliphatic carbocycles. The lowest BCUT2D eigenvalue weighted by atomic mass is 10.2. The molecule has 0 aromatic heterocycles. The normalized spacial score (nSPS) is 19.0. The number of hydrogen-bond acceptors (Lipinski definition) is 6. The summed E-state index contributed by atoms with van der Waals surface area (Å²) in [4.78, 5) is 0. The number of rotatable bonds is 3. The summed E-state index contributed by atoms with van der Waals surface area (Å²) in [6.07, 6.45) is 0. The van der Waals surface area contributed by atoms with Crippen LogP contribution in [0, 0.1) is 20.8 Å². The SMILES string of the molecule is Cc1ccc2c(c1)Oc1ccccc1P2(=O)c1ccccc1.Cc1ccc2c(c1)P(=O)(c1ccccc1)c1ccccc1O2.Cc1cccc2c1Oc1ccccc1P2(=O)c1ccccc1. The van der Waals surface area contributed by atoms with Gasteiger partial charge in [0, 0.05) is 15.9 Å². The average molecular weight is 919 g/mol. The number of aryl methyl sites for hydroxylation is 3. The Morgan fingerprint density at radius 1 is 0.288 bits per heavy atom. The minimum Gasteiger partial charge on any atom is -0.456 e. The van der Waals surface area contributed by atoms with Crippen LogP contribution in [0.3, 0.4) is 0 Å². The van der Waals surface area contributed by atoms with E-state index in [2.05, 4.69) is 0 Å². The molecule has 0 fully saturated rings. The van der Waals surface area contributed by atoms with Crippen molar-refractivity contribution in [1.29, 1.82) is 0 Å². The van der Waals surface area contributed by atoms with Gasteiger partial charge in [0.1, 0.15) is 34.5 Å². The van der Waals surface area contributed by atoms with Crippen molar-refractivity contribution in [3.63, 3.8) is 0 Å². The van der Waals surface area contributed by atoms with Crippen molar-refractivity contribution >= 4 is 69.2 Å². The third-order valence-corrected chi connectivity index (χ3v) is 21.4. The van der Waals surface area contributed by atoms with Crippen molar-refractivity contribution in [3.05, 3.63) is 235 Å². The van der Waals surface area contributed by atoms with Gasteiger partial charge in [-0.3, -0.25) is 0 Å². The first-order chi connectivity index (χ1) is 32.1. The van der Waals surface area contributed by atoms with Crippen LogP contribution in [0.5, 0.6) is 34.5 Å². The zero-order valence-electron chi connectivity index (χ0n) is 36.6. The topological polar surface area (TPSA) is 78.9 Å². The van der Waals surface area contributed by atoms with E-state index in [1.165, 1.54) is 0 Å². The summed E-state index contributed by atoms with van der Waals surface area (Å²) in [6, 6.07) is 69.6. The van der Waals surface area contributed by atoms with Gasteiger partial charge in [0.2, 0.25) is 0 Å². The van der Waals surface area contributed by atoms with Gasteiger partial charge >= 0.3 is 0 Å². The summed E-state index contributed by atoms with van der Waals surface area (Å²) in [6.45, 7) is 6.01. The summed E-state index contributed by atoms with van der Waals surface area (Å²) in [5.74, 6) is 4.19. The molecule has 0 N–H and O–H groups in total. The Bertz CT molecular complexity index is 3360. The van der Waals surface area contributed by atoms with E-state index in [1.54, 1.807) is 0 Å². The fourth-order valence-electron chi connectivity index (χ4n) is 8.84. The monoisotopic (exact) mass is 918 g/mol. The molecule has 3 heterocycles. The highest BCUT2D eigenvalue weighted by Crippen LogP contribution is 2.54. The molecule has 324 valence electrons. The van der Waals surface area contributed by atoms with E-state index in [0.717, 1.165) is 70.2 Å². The summed E-state index contributed by atoms with van der Waals surface area (Å²) in [7, 11) is -8.69. The fraction of sp³-hybridized carbons (Fsp3) is 0.0526. The number of hydrogen-bond donors (Lipinski definition) is 0. The van der Waals surface area contributed by atoms with Crippen LogP contribution in [0.25, 0.3) is 0 Å². The third kappa shape index (κ3) is 7.37. The minimum absolute atomic E-state index is 0.686. The lowest BCUT2D eigenvalue weighted by Crippen LogP contribution is -2.31. The average Bonchev–Trinajstić information content (AvgIpc) is 3.36. The third-order valence-electron chi connectivity index (χ3n) is 12.1. The second-order valence-corrected chi connectivity index (χ2v) is 24.5. The van der Waals surface area contributed by atoms with E-state index in [1.807, 2.05) is 239 Å². The van der Waals surface area contributed by atoms with Gasteiger partial charge in [-0.05, 0) is 98.6 Å². The van der Waals surface area contributed by atoms with E-state index in [-0.39, 0.29) is 0 Å². The van der Waals surface area contributed by atoms with Gasteiger partial charge in [0.25, 0.3) is 0 Å². The molecule has 3 aliphatic heterocycles. The summed E-state index contributed by atoms with van der Waals surface area (Å²) in [5.41, 5.74) is 3.18. The fourth-order valence-corrected chi connectivity index (χ4v) is 17.6. The van der Waals surface area contributed by atoms with Crippen LogP contribution in [0.1, 0.15) is 16.7 Å². The first-order valence-corrected chi connectivity index (χ1v) is 26.8. The van der Waals surface area contributed by atoms with Crippen molar-refractivity contribution in [1.82, 2.24) is 0 Å². The number of ether oxygens (including phenoxy) is 3. The van der Waals surface area contributed by atoms with Gasteiger partial charge in [-0.1, -0.05) is 157 Å². The lowest BCUT2D eigenvalue weighted by molar-refractivity contribution is 0.481. The summed E-state index contributed by atoms with van der Waals surface area (Å²) < 4.78 is 60.4. The Hall–Kier alpha value is -6.93. The highest BCUT2D eigenvalue weighted by molar-refractivity contribution is 7.86. The first-order valence-electron chi connectivity index (χ1n) is 21.7. The molecule has 12 rings (SSSR count). The Morgan fingerprint density at radius 3 is 1.18 bits per heavy atom. The smallest absolute Gasteiger partial charge is 0.178 e. The van der Waals surface area contributed by atoms with Gasteiger partial charge in [0.15, 0.2) is 21.4 Å². The Balaban J connectivity index is 0.000000116. The van der Waals surface area contributed by atoms with Gasteiger partial charge in [-0.15, -0.1) is 0 Å². The van der Waals surface area contributed by atoms with Crippen molar-refractivity contribution in [2.45, 2.75) is 20.8 Å². The minimum atomic E-state index is -2.90. The molecule has 0 amide bonds. The molecule has 3 atom stereocenters. The second kappa shape index (κ2) is 17.5. The molecule has 0 spiro atoms. The number of para-hydroxylation sites is 4. The van der Waals surface area contributed by atoms with Crippen LogP contribution in [-0.4, -0.2) is 0 Å². The predicted molar refractivity (Wildman–Crippen MR) is 272 cm³/mol. The van der Waals surface area contributed by atoms with E-state index in [9.17, 15) is 13.7 Å². The van der Waals surface area contributed by atoms with Crippen LogP contribution in [0.2, 0.25) is 0 Å². The number of benzene rings is 9. The van der Waals surface area contributed by atoms with Crippen LogP contribution in [0.15, 0.2) is 218 Å². The molecule has 3 aliphatic rings. The Kier molecular flexibility index (Phi) is 11.4. The van der Waals surface area contributed by atoms with E-state index in [4.69, 9.17) is 14.2 Å². The van der Waals surface area contributed by atoms with E-state index < -0.39 is 21.4 Å². The molecule has 6 nitrogen and oxygen atoms in total. The molecule has 0 saturated heterocycles. The molecule has 0 bridgehead atoms. The molecule has 9 aromatic carbocycles. The molecule has 3 unspecified atom stereocenters. The maximum Gasteiger partial charge on any atom is 0.178 e. The highest BCUT2D eigenvalue weighted by Gasteiger charge is 2.41. The van der Waals surface area contributed by atoms with E-state index in [0.29, 0.717) is 28.7 Å². The summed E-state index contributed by atoms with van der Waals surface area (Å²) in [5, 5.41) is 7.22. The predicted octanol–water partition coefficient (Wildman–Crippen LogP) is 11.2. The summed E-state index contributed by atoms with van der Waals surface area (Å²) >= 11 is 0. The molecule has 0 saturated carbocycles. The van der Waals surface area contributed by atoms with Gasteiger partial charge in [-0.2, -0.15) is 0 Å².